The molecule has 0 saturated carbocycles. The molecule has 3 aromatic rings. The van der Waals surface area contributed by atoms with Gasteiger partial charge in [-0.25, -0.2) is 0 Å². The molecule has 9 heteroatoms. The summed E-state index contributed by atoms with van der Waals surface area (Å²) in [7, 11) is 0. The molecule has 0 radical (unpaired) electrons. The van der Waals surface area contributed by atoms with E-state index in [9.17, 15) is 30.3 Å². The molecule has 0 saturated heterocycles. The Balaban J connectivity index is 1.37. The second-order valence-corrected chi connectivity index (χ2v) is 12.1. The van der Waals surface area contributed by atoms with Crippen LogP contribution in [0.5, 0.6) is 40.2 Å². The molecule has 2 bridgehead atoms. The highest BCUT2D eigenvalue weighted by molar-refractivity contribution is 6.10. The fourth-order valence-electron chi connectivity index (χ4n) is 6.93. The van der Waals surface area contributed by atoms with Gasteiger partial charge in [-0.15, -0.1) is 0 Å². The number of benzene rings is 3. The van der Waals surface area contributed by atoms with Gasteiger partial charge in [-0.3, -0.25) is 4.79 Å². The van der Waals surface area contributed by atoms with Crippen LogP contribution >= 0.6 is 0 Å². The molecular weight excluding hydrogens is 540 g/mol. The van der Waals surface area contributed by atoms with Crippen LogP contribution in [0.4, 0.5) is 0 Å². The summed E-state index contributed by atoms with van der Waals surface area (Å²) in [5.74, 6) is -3.86. The molecule has 4 atom stereocenters. The van der Waals surface area contributed by atoms with Gasteiger partial charge >= 0.3 is 5.79 Å². The molecule has 9 nitrogen and oxygen atoms in total. The maximum atomic E-state index is 14.2. The van der Waals surface area contributed by atoms with Gasteiger partial charge in [-0.2, -0.15) is 0 Å². The summed E-state index contributed by atoms with van der Waals surface area (Å²) < 4.78 is 18.5. The predicted octanol–water partition coefficient (Wildman–Crippen LogP) is 5.53. The summed E-state index contributed by atoms with van der Waals surface area (Å²) in [5.41, 5.74) is -0.106. The summed E-state index contributed by atoms with van der Waals surface area (Å²) in [5, 5.41) is 54.9. The standard InChI is InChI=1S/C33H30O9/c1-16(2)8-9-32-22-7-5-20(35)12-25(22)42-33(32,39)30(38)28-26(41-32)13-23(36)27(29(28)37)18-10-17-14-31(3,15-18)40-24-11-19(34)4-6-21(17)24/h4-8,11-13,15,17,34-37,39H,9-10,14H2,1-3H3/t17-,31-,32-,33-/m1/s1. The van der Waals surface area contributed by atoms with E-state index in [1.54, 1.807) is 24.3 Å². The van der Waals surface area contributed by atoms with E-state index < -0.39 is 28.5 Å². The molecule has 1 aliphatic carbocycles. The summed E-state index contributed by atoms with van der Waals surface area (Å²) >= 11 is 0. The SMILES string of the molecule is CC(C)=CC[C@]12Oc3cc(O)c(C4=C[C@@]5(C)C[C@@H](C4)c4ccc(O)cc4O5)c(O)c3C(=O)[C@@]1(O)Oc1cc(O)ccc12. The summed E-state index contributed by atoms with van der Waals surface area (Å²) in [6.45, 7) is 5.61. The third kappa shape index (κ3) is 3.49. The predicted molar refractivity (Wildman–Crippen MR) is 151 cm³/mol. The molecule has 3 aromatic carbocycles. The number of hydrogen-bond donors (Lipinski definition) is 5. The number of allylic oxidation sites excluding steroid dienone is 2. The van der Waals surface area contributed by atoms with Gasteiger partial charge in [0, 0.05) is 30.2 Å². The second-order valence-electron chi connectivity index (χ2n) is 12.1. The summed E-state index contributed by atoms with van der Waals surface area (Å²) in [4.78, 5) is 14.2. The normalized spacial score (nSPS) is 28.1. The van der Waals surface area contributed by atoms with Gasteiger partial charge in [0.15, 0.2) is 0 Å². The van der Waals surface area contributed by atoms with Crippen LogP contribution in [0.1, 0.15) is 73.0 Å². The Morgan fingerprint density at radius 3 is 2.38 bits per heavy atom. The first-order chi connectivity index (χ1) is 19.8. The molecule has 0 fully saturated rings. The average molecular weight is 571 g/mol. The molecule has 5 N–H and O–H groups in total. The van der Waals surface area contributed by atoms with E-state index in [1.165, 1.54) is 24.3 Å². The van der Waals surface area contributed by atoms with Crippen LogP contribution in [-0.4, -0.2) is 42.7 Å². The third-order valence-electron chi connectivity index (χ3n) is 8.76. The van der Waals surface area contributed by atoms with E-state index in [2.05, 4.69) is 0 Å². The number of hydrogen-bond acceptors (Lipinski definition) is 9. The first kappa shape index (κ1) is 26.3. The van der Waals surface area contributed by atoms with Crippen LogP contribution in [0.2, 0.25) is 0 Å². The van der Waals surface area contributed by atoms with Gasteiger partial charge in [-0.05, 0) is 74.9 Å². The molecule has 42 heavy (non-hydrogen) atoms. The van der Waals surface area contributed by atoms with Gasteiger partial charge in [-0.1, -0.05) is 17.7 Å². The van der Waals surface area contributed by atoms with Crippen molar-refractivity contribution >= 4 is 11.4 Å². The largest absolute Gasteiger partial charge is 0.508 e. The zero-order chi connectivity index (χ0) is 29.8. The van der Waals surface area contributed by atoms with Crippen molar-refractivity contribution in [3.63, 3.8) is 0 Å². The van der Waals surface area contributed by atoms with Crippen LogP contribution < -0.4 is 14.2 Å². The van der Waals surface area contributed by atoms with Gasteiger partial charge in [0.1, 0.15) is 51.4 Å². The van der Waals surface area contributed by atoms with E-state index >= 15 is 0 Å². The van der Waals surface area contributed by atoms with Crippen molar-refractivity contribution in [3.05, 3.63) is 82.4 Å². The minimum atomic E-state index is -2.57. The second kappa shape index (κ2) is 8.45. The van der Waals surface area contributed by atoms with E-state index in [0.29, 0.717) is 29.7 Å². The van der Waals surface area contributed by atoms with Crippen molar-refractivity contribution in [2.45, 2.75) is 62.9 Å². The molecule has 0 spiro atoms. The van der Waals surface area contributed by atoms with Gasteiger partial charge in [0.05, 0.1) is 5.56 Å². The van der Waals surface area contributed by atoms with Crippen LogP contribution in [0.15, 0.2) is 60.2 Å². The smallest absolute Gasteiger partial charge is 0.318 e. The molecule has 0 amide bonds. The van der Waals surface area contributed by atoms with Crippen molar-refractivity contribution in [3.8, 4) is 40.2 Å². The van der Waals surface area contributed by atoms with Crippen LogP contribution in [-0.2, 0) is 5.60 Å². The number of Topliss-reactive ketones (excluding diaryl/α,β-unsaturated/α-hetero) is 1. The van der Waals surface area contributed by atoms with Crippen molar-refractivity contribution in [2.24, 2.45) is 0 Å². The number of aliphatic hydroxyl groups is 1. The maximum absolute atomic E-state index is 14.2. The number of ketones is 1. The number of phenolic OH excluding ortho intramolecular Hbond substituents is 4. The van der Waals surface area contributed by atoms with Gasteiger partial charge < -0.3 is 39.7 Å². The summed E-state index contributed by atoms with van der Waals surface area (Å²) in [6.07, 6.45) is 4.71. The van der Waals surface area contributed by atoms with E-state index in [-0.39, 0.29) is 52.2 Å². The number of fused-ring (bicyclic) bond motifs is 8. The molecule has 0 aromatic heterocycles. The highest BCUT2D eigenvalue weighted by Gasteiger charge is 2.69. The lowest BCUT2D eigenvalue weighted by Gasteiger charge is -2.44. The maximum Gasteiger partial charge on any atom is 0.318 e. The number of carbonyl (C=O) groups is 1. The lowest BCUT2D eigenvalue weighted by molar-refractivity contribution is -0.201. The minimum Gasteiger partial charge on any atom is -0.508 e. The minimum absolute atomic E-state index is 0.0373. The molecule has 216 valence electrons. The third-order valence-corrected chi connectivity index (χ3v) is 8.76. The fraction of sp³-hybridized carbons (Fsp3) is 0.303. The van der Waals surface area contributed by atoms with Gasteiger partial charge in [0.2, 0.25) is 11.4 Å². The lowest BCUT2D eigenvalue weighted by atomic mass is 9.72. The Hall–Kier alpha value is -4.63. The number of ether oxygens (including phenoxy) is 3. The van der Waals surface area contributed by atoms with Gasteiger partial charge in [0.25, 0.3) is 0 Å². The summed E-state index contributed by atoms with van der Waals surface area (Å²) in [6, 6.07) is 10.5. The monoisotopic (exact) mass is 570 g/mol. The number of phenols is 4. The Labute approximate surface area is 241 Å². The Morgan fingerprint density at radius 1 is 0.929 bits per heavy atom. The number of aromatic hydroxyl groups is 4. The highest BCUT2D eigenvalue weighted by atomic mass is 16.7. The molecule has 0 unspecified atom stereocenters. The molecule has 7 rings (SSSR count). The van der Waals surface area contributed by atoms with Crippen LogP contribution in [0.3, 0.4) is 0 Å². The number of carbonyl (C=O) groups excluding carboxylic acids is 1. The van der Waals surface area contributed by atoms with E-state index in [4.69, 9.17) is 14.2 Å². The fourth-order valence-corrected chi connectivity index (χ4v) is 6.93. The quantitative estimate of drug-likeness (QED) is 0.257. The molecule has 4 aliphatic rings. The highest BCUT2D eigenvalue weighted by Crippen LogP contribution is 2.60. The van der Waals surface area contributed by atoms with Crippen LogP contribution in [0, 0.1) is 0 Å². The van der Waals surface area contributed by atoms with Crippen LogP contribution in [0.25, 0.3) is 5.57 Å². The number of rotatable bonds is 3. The molecular formula is C33H30O9. The van der Waals surface area contributed by atoms with Crippen molar-refractivity contribution in [1.29, 1.82) is 0 Å². The van der Waals surface area contributed by atoms with E-state index in [1.807, 2.05) is 26.8 Å². The van der Waals surface area contributed by atoms with Crippen molar-refractivity contribution < 1.29 is 44.5 Å². The Kier molecular flexibility index (Phi) is 5.29. The molecule has 3 aliphatic heterocycles. The first-order valence-electron chi connectivity index (χ1n) is 13.8. The van der Waals surface area contributed by atoms with Crippen molar-refractivity contribution in [1.82, 2.24) is 0 Å². The topological polar surface area (TPSA) is 146 Å². The Morgan fingerprint density at radius 2 is 1.64 bits per heavy atom. The van der Waals surface area contributed by atoms with E-state index in [0.717, 1.165) is 11.1 Å². The average Bonchev–Trinajstić information content (AvgIpc) is 3.14. The first-order valence-corrected chi connectivity index (χ1v) is 13.8. The Bertz CT molecular complexity index is 1770. The zero-order valence-electron chi connectivity index (χ0n) is 23.3. The lowest BCUT2D eigenvalue weighted by Crippen LogP contribution is -2.62. The zero-order valence-corrected chi connectivity index (χ0v) is 23.3. The molecule has 3 heterocycles. The van der Waals surface area contributed by atoms with Crippen molar-refractivity contribution in [2.75, 3.05) is 0 Å².